The second-order valence-electron chi connectivity index (χ2n) is 5.31. The van der Waals surface area contributed by atoms with E-state index in [1.165, 1.54) is 0 Å². The molecule has 0 aromatic heterocycles. The van der Waals surface area contributed by atoms with E-state index in [2.05, 4.69) is 24.3 Å². The van der Waals surface area contributed by atoms with Crippen LogP contribution < -0.4 is 5.73 Å². The maximum Gasteiger partial charge on any atom is 0.229 e. The molecule has 0 radical (unpaired) electrons. The number of amides is 1. The fraction of sp³-hybridized carbons (Fsp3) is 0.667. The minimum atomic E-state index is -0.206. The molecule has 3 nitrogen and oxygen atoms in total. The van der Waals surface area contributed by atoms with Crippen molar-refractivity contribution in [1.82, 2.24) is 4.90 Å². The highest BCUT2D eigenvalue weighted by atomic mass is 16.2. The molecular weight excluding hydrogens is 224 g/mol. The van der Waals surface area contributed by atoms with Crippen LogP contribution in [-0.4, -0.2) is 30.4 Å². The highest BCUT2D eigenvalue weighted by molar-refractivity contribution is 5.87. The smallest absolute Gasteiger partial charge is 0.229 e. The van der Waals surface area contributed by atoms with Gasteiger partial charge in [-0.15, -0.1) is 0 Å². The first kappa shape index (κ1) is 13.3. The lowest BCUT2D eigenvalue weighted by atomic mass is 9.81. The number of allylic oxidation sites excluding steroid dienone is 4. The SMILES string of the molecule is CCN(CC)C(=O)[C@]1(C2C=CC=CC2)C[C@@H]1CN. The van der Waals surface area contributed by atoms with Gasteiger partial charge in [-0.05, 0) is 45.1 Å². The lowest BCUT2D eigenvalue weighted by Crippen LogP contribution is -2.42. The average molecular weight is 248 g/mol. The van der Waals surface area contributed by atoms with Gasteiger partial charge in [-0.2, -0.15) is 0 Å². The number of hydrogen-bond donors (Lipinski definition) is 1. The molecule has 18 heavy (non-hydrogen) atoms. The van der Waals surface area contributed by atoms with Crippen LogP contribution in [0.3, 0.4) is 0 Å². The van der Waals surface area contributed by atoms with Crippen LogP contribution in [0.1, 0.15) is 26.7 Å². The Bertz CT molecular complexity index is 371. The molecule has 0 saturated heterocycles. The van der Waals surface area contributed by atoms with Crippen LogP contribution in [-0.2, 0) is 4.79 Å². The molecule has 1 amide bonds. The summed E-state index contributed by atoms with van der Waals surface area (Å²) in [6, 6.07) is 0. The van der Waals surface area contributed by atoms with Crippen molar-refractivity contribution in [2.24, 2.45) is 23.0 Å². The maximum atomic E-state index is 12.8. The van der Waals surface area contributed by atoms with Crippen molar-refractivity contribution in [2.75, 3.05) is 19.6 Å². The molecule has 2 aliphatic carbocycles. The zero-order valence-corrected chi connectivity index (χ0v) is 11.4. The molecule has 2 rings (SSSR count). The van der Waals surface area contributed by atoms with Gasteiger partial charge in [-0.3, -0.25) is 4.79 Å². The van der Waals surface area contributed by atoms with Gasteiger partial charge < -0.3 is 10.6 Å². The Morgan fingerprint density at radius 2 is 2.11 bits per heavy atom. The van der Waals surface area contributed by atoms with E-state index in [0.29, 0.717) is 24.3 Å². The Balaban J connectivity index is 2.20. The van der Waals surface area contributed by atoms with E-state index in [9.17, 15) is 4.79 Å². The Morgan fingerprint density at radius 1 is 1.39 bits per heavy atom. The largest absolute Gasteiger partial charge is 0.343 e. The quantitative estimate of drug-likeness (QED) is 0.808. The van der Waals surface area contributed by atoms with Crippen molar-refractivity contribution in [3.63, 3.8) is 0 Å². The minimum absolute atomic E-state index is 0.206. The number of hydrogen-bond acceptors (Lipinski definition) is 2. The number of nitrogens with zero attached hydrogens (tertiary/aromatic N) is 1. The summed E-state index contributed by atoms with van der Waals surface area (Å²) in [6.45, 7) is 6.31. The van der Waals surface area contributed by atoms with Gasteiger partial charge in [0.2, 0.25) is 5.91 Å². The molecule has 0 spiro atoms. The minimum Gasteiger partial charge on any atom is -0.343 e. The molecule has 1 fully saturated rings. The summed E-state index contributed by atoms with van der Waals surface area (Å²) in [5, 5.41) is 0. The first-order chi connectivity index (χ1) is 8.70. The number of carbonyl (C=O) groups is 1. The van der Waals surface area contributed by atoms with E-state index in [0.717, 1.165) is 25.9 Å². The van der Waals surface area contributed by atoms with Crippen molar-refractivity contribution in [3.8, 4) is 0 Å². The van der Waals surface area contributed by atoms with Crippen LogP contribution in [0.5, 0.6) is 0 Å². The summed E-state index contributed by atoms with van der Waals surface area (Å²) >= 11 is 0. The first-order valence-corrected chi connectivity index (χ1v) is 7.03. The van der Waals surface area contributed by atoms with Crippen LogP contribution in [0.2, 0.25) is 0 Å². The van der Waals surface area contributed by atoms with Crippen LogP contribution in [0, 0.1) is 17.3 Å². The van der Waals surface area contributed by atoms with Gasteiger partial charge in [0, 0.05) is 13.1 Å². The van der Waals surface area contributed by atoms with E-state index < -0.39 is 0 Å². The molecular formula is C15H24N2O. The predicted molar refractivity (Wildman–Crippen MR) is 73.9 cm³/mol. The highest BCUT2D eigenvalue weighted by Crippen LogP contribution is 2.60. The van der Waals surface area contributed by atoms with Crippen LogP contribution in [0.4, 0.5) is 0 Å². The first-order valence-electron chi connectivity index (χ1n) is 7.03. The van der Waals surface area contributed by atoms with Crippen molar-refractivity contribution in [1.29, 1.82) is 0 Å². The van der Waals surface area contributed by atoms with Gasteiger partial charge >= 0.3 is 0 Å². The monoisotopic (exact) mass is 248 g/mol. The zero-order valence-electron chi connectivity index (χ0n) is 11.4. The average Bonchev–Trinajstić information content (AvgIpc) is 3.17. The topological polar surface area (TPSA) is 46.3 Å². The van der Waals surface area contributed by atoms with Gasteiger partial charge in [0.05, 0.1) is 5.41 Å². The summed E-state index contributed by atoms with van der Waals surface area (Å²) in [5.41, 5.74) is 5.62. The number of rotatable bonds is 5. The molecule has 0 bridgehead atoms. The van der Waals surface area contributed by atoms with E-state index in [4.69, 9.17) is 5.73 Å². The standard InChI is InChI=1S/C15H24N2O/c1-3-17(4-2)14(18)15(10-13(15)11-16)12-8-6-5-7-9-12/h5-8,12-13H,3-4,9-11,16H2,1-2H3/t12?,13-,15+/m1/s1. The molecule has 0 aromatic carbocycles. The van der Waals surface area contributed by atoms with E-state index in [1.54, 1.807) is 0 Å². The molecule has 2 aliphatic rings. The normalized spacial score (nSPS) is 33.5. The second kappa shape index (κ2) is 5.27. The van der Waals surface area contributed by atoms with Crippen molar-refractivity contribution in [3.05, 3.63) is 24.3 Å². The molecule has 0 aromatic rings. The van der Waals surface area contributed by atoms with Crippen LogP contribution in [0.25, 0.3) is 0 Å². The van der Waals surface area contributed by atoms with Crippen molar-refractivity contribution < 1.29 is 4.79 Å². The maximum absolute atomic E-state index is 12.8. The molecule has 1 saturated carbocycles. The van der Waals surface area contributed by atoms with Crippen LogP contribution in [0.15, 0.2) is 24.3 Å². The van der Waals surface area contributed by atoms with Crippen LogP contribution >= 0.6 is 0 Å². The number of nitrogens with two attached hydrogens (primary N) is 1. The van der Waals surface area contributed by atoms with Crippen molar-refractivity contribution in [2.45, 2.75) is 26.7 Å². The van der Waals surface area contributed by atoms with Crippen molar-refractivity contribution >= 4 is 5.91 Å². The Kier molecular flexibility index (Phi) is 3.91. The molecule has 3 heteroatoms. The predicted octanol–water partition coefficient (Wildman–Crippen LogP) is 1.95. The Morgan fingerprint density at radius 3 is 2.56 bits per heavy atom. The molecule has 1 unspecified atom stereocenters. The molecule has 100 valence electrons. The third-order valence-corrected chi connectivity index (χ3v) is 4.53. The summed E-state index contributed by atoms with van der Waals surface area (Å²) in [6.07, 6.45) is 10.4. The molecule has 2 N–H and O–H groups in total. The Labute approximate surface area is 110 Å². The lowest BCUT2D eigenvalue weighted by Gasteiger charge is -2.31. The second-order valence-corrected chi connectivity index (χ2v) is 5.31. The van der Waals surface area contributed by atoms with Gasteiger partial charge in [-0.25, -0.2) is 0 Å². The summed E-state index contributed by atoms with van der Waals surface area (Å²) in [4.78, 5) is 14.7. The third kappa shape index (κ3) is 2.01. The third-order valence-electron chi connectivity index (χ3n) is 4.53. The van der Waals surface area contributed by atoms with E-state index in [-0.39, 0.29) is 5.41 Å². The molecule has 3 atom stereocenters. The fourth-order valence-electron chi connectivity index (χ4n) is 3.28. The van der Waals surface area contributed by atoms with E-state index >= 15 is 0 Å². The molecule has 0 aliphatic heterocycles. The van der Waals surface area contributed by atoms with Gasteiger partial charge in [0.25, 0.3) is 0 Å². The summed E-state index contributed by atoms with van der Waals surface area (Å²) < 4.78 is 0. The van der Waals surface area contributed by atoms with Gasteiger partial charge in [-0.1, -0.05) is 24.3 Å². The van der Waals surface area contributed by atoms with E-state index in [1.807, 2.05) is 18.7 Å². The lowest BCUT2D eigenvalue weighted by molar-refractivity contribution is -0.138. The molecule has 0 heterocycles. The fourth-order valence-corrected chi connectivity index (χ4v) is 3.28. The van der Waals surface area contributed by atoms with Gasteiger partial charge in [0.1, 0.15) is 0 Å². The summed E-state index contributed by atoms with van der Waals surface area (Å²) in [7, 11) is 0. The number of carbonyl (C=O) groups excluding carboxylic acids is 1. The highest BCUT2D eigenvalue weighted by Gasteiger charge is 2.63. The van der Waals surface area contributed by atoms with Gasteiger partial charge in [0.15, 0.2) is 0 Å². The zero-order chi connectivity index (χ0) is 13.2. The summed E-state index contributed by atoms with van der Waals surface area (Å²) in [5.74, 6) is 1.02. The Hall–Kier alpha value is -1.09.